The number of fused-ring (bicyclic) bond motifs is 1. The third-order valence-electron chi connectivity index (χ3n) is 8.40. The average Bonchev–Trinajstić information content (AvgIpc) is 3.67. The number of aromatic nitrogens is 1. The van der Waals surface area contributed by atoms with E-state index in [9.17, 15) is 14.7 Å². The first kappa shape index (κ1) is 30.7. The molecule has 0 aliphatic carbocycles. The number of ether oxygens (including phenoxy) is 3. The number of unbranched alkanes of at least 4 members (excludes halogenated alkanes) is 1. The normalized spacial score (nSPS) is 20.1. The topological polar surface area (TPSA) is 96.7 Å². The van der Waals surface area contributed by atoms with Crippen LogP contribution in [-0.2, 0) is 23.1 Å². The maximum Gasteiger partial charge on any atom is 0.308 e. The van der Waals surface area contributed by atoms with Crippen LogP contribution in [0.3, 0.4) is 0 Å². The molecular weight excluding hydrogens is 524 g/mol. The molecule has 1 amide bonds. The van der Waals surface area contributed by atoms with Gasteiger partial charge in [-0.15, -0.1) is 0 Å². The molecule has 2 aliphatic heterocycles. The summed E-state index contributed by atoms with van der Waals surface area (Å²) in [5.74, 6) is -0.185. The number of carbonyl (C=O) groups is 2. The molecule has 2 aliphatic rings. The lowest BCUT2D eigenvalue weighted by molar-refractivity contribution is -0.143. The first-order valence-corrected chi connectivity index (χ1v) is 14.7. The van der Waals surface area contributed by atoms with Crippen molar-refractivity contribution in [1.29, 1.82) is 0 Å². The molecule has 0 saturated carbocycles. The van der Waals surface area contributed by atoms with Gasteiger partial charge in [-0.2, -0.15) is 0 Å². The number of aliphatic carboxylic acids is 1. The number of hydrogen-bond donors (Lipinski definition) is 1. The Morgan fingerprint density at radius 1 is 1.15 bits per heavy atom. The lowest BCUT2D eigenvalue weighted by Gasteiger charge is -2.30. The smallest absolute Gasteiger partial charge is 0.308 e. The molecule has 10 nitrogen and oxygen atoms in total. The first-order chi connectivity index (χ1) is 19.7. The highest BCUT2D eigenvalue weighted by Gasteiger charge is 2.47. The minimum Gasteiger partial charge on any atom is -0.493 e. The van der Waals surface area contributed by atoms with Crippen LogP contribution in [0.5, 0.6) is 17.2 Å². The van der Waals surface area contributed by atoms with Crippen LogP contribution >= 0.6 is 0 Å². The van der Waals surface area contributed by atoms with Crippen LogP contribution in [0.1, 0.15) is 49.8 Å². The number of likely N-dealkylation sites (tertiary alicyclic amines) is 1. The van der Waals surface area contributed by atoms with E-state index < -0.39 is 11.9 Å². The average molecular weight is 571 g/mol. The molecule has 1 aromatic heterocycles. The summed E-state index contributed by atoms with van der Waals surface area (Å²) in [4.78, 5) is 32.9. The van der Waals surface area contributed by atoms with Crippen LogP contribution in [0.2, 0.25) is 0 Å². The fourth-order valence-corrected chi connectivity index (χ4v) is 6.17. The van der Waals surface area contributed by atoms with Crippen molar-refractivity contribution in [3.8, 4) is 17.2 Å². The van der Waals surface area contributed by atoms with Crippen molar-refractivity contribution in [3.05, 3.63) is 41.7 Å². The molecule has 226 valence electrons. The Bertz CT molecular complexity index is 1180. The monoisotopic (exact) mass is 570 g/mol. The molecule has 0 spiro atoms. The van der Waals surface area contributed by atoms with Gasteiger partial charge in [-0.25, -0.2) is 0 Å². The molecule has 1 N–H and O–H groups in total. The summed E-state index contributed by atoms with van der Waals surface area (Å²) in [5.41, 5.74) is 1.97. The Labute approximate surface area is 243 Å². The lowest BCUT2D eigenvalue weighted by atomic mass is 9.83. The Kier molecular flexibility index (Phi) is 10.6. The van der Waals surface area contributed by atoms with Gasteiger partial charge in [0.05, 0.1) is 19.6 Å². The summed E-state index contributed by atoms with van der Waals surface area (Å²) in [5, 5.41) is 10.6. The zero-order chi connectivity index (χ0) is 29.5. The molecule has 4 rings (SSSR count). The number of methoxy groups -OCH3 is 1. The molecule has 1 aromatic carbocycles. The Hall–Kier alpha value is -3.24. The van der Waals surface area contributed by atoms with Gasteiger partial charge in [0.1, 0.15) is 0 Å². The fraction of sp³-hybridized carbons (Fsp3) is 0.613. The van der Waals surface area contributed by atoms with Crippen LogP contribution in [0.25, 0.3) is 0 Å². The number of aryl methyl sites for hydroxylation is 2. The van der Waals surface area contributed by atoms with Crippen LogP contribution in [0.4, 0.5) is 0 Å². The first-order valence-electron chi connectivity index (χ1n) is 14.7. The fourth-order valence-electron chi connectivity index (χ4n) is 6.17. The molecule has 1 fully saturated rings. The highest BCUT2D eigenvalue weighted by Crippen LogP contribution is 2.47. The van der Waals surface area contributed by atoms with E-state index in [1.807, 2.05) is 50.4 Å². The summed E-state index contributed by atoms with van der Waals surface area (Å²) in [6, 6.07) is 7.50. The van der Waals surface area contributed by atoms with Crippen molar-refractivity contribution in [1.82, 2.24) is 19.3 Å². The van der Waals surface area contributed by atoms with E-state index in [0.29, 0.717) is 36.8 Å². The number of hydrogen-bond acceptors (Lipinski definition) is 7. The van der Waals surface area contributed by atoms with E-state index in [4.69, 9.17) is 14.2 Å². The van der Waals surface area contributed by atoms with Crippen molar-refractivity contribution < 1.29 is 28.9 Å². The molecular formula is C31H46N4O6. The van der Waals surface area contributed by atoms with Gasteiger partial charge in [0.2, 0.25) is 18.4 Å². The highest BCUT2D eigenvalue weighted by atomic mass is 16.7. The van der Waals surface area contributed by atoms with Crippen molar-refractivity contribution >= 4 is 11.9 Å². The third kappa shape index (κ3) is 7.35. The zero-order valence-electron chi connectivity index (χ0n) is 25.2. The predicted octanol–water partition coefficient (Wildman–Crippen LogP) is 3.44. The summed E-state index contributed by atoms with van der Waals surface area (Å²) < 4.78 is 18.9. The van der Waals surface area contributed by atoms with Crippen molar-refractivity contribution in [2.24, 2.45) is 13.0 Å². The van der Waals surface area contributed by atoms with E-state index in [0.717, 1.165) is 50.0 Å². The predicted molar refractivity (Wildman–Crippen MR) is 157 cm³/mol. The summed E-state index contributed by atoms with van der Waals surface area (Å²) >= 11 is 0. The lowest BCUT2D eigenvalue weighted by Crippen LogP contribution is -2.45. The number of rotatable bonds is 15. The van der Waals surface area contributed by atoms with Gasteiger partial charge in [-0.3, -0.25) is 14.5 Å². The number of carboxylic acids is 1. The molecule has 1 saturated heterocycles. The standard InChI is InChI=1S/C31H46N4O6/c1-6-7-15-34(16-9-13-32(2)3)28(36)20-35-19-24(22-17-26(39-5)30-27(18-22)40-21-41-30)29(31(37)38)25(35)12-11-23-10-8-14-33(23)4/h8,10,14,17-18,24-25,29H,6-7,9,11-13,15-16,19-21H2,1-5H3,(H,37,38)/t24-,25+,29-/m1/s1. The van der Waals surface area contributed by atoms with Gasteiger partial charge in [-0.1, -0.05) is 13.3 Å². The minimum atomic E-state index is -0.854. The van der Waals surface area contributed by atoms with E-state index in [1.165, 1.54) is 0 Å². The molecule has 2 aromatic rings. The maximum atomic E-state index is 13.7. The van der Waals surface area contributed by atoms with Crippen molar-refractivity contribution in [2.45, 2.75) is 51.0 Å². The summed E-state index contributed by atoms with van der Waals surface area (Å²) in [6.07, 6.45) is 6.22. The van der Waals surface area contributed by atoms with Gasteiger partial charge in [-0.05, 0) is 76.2 Å². The van der Waals surface area contributed by atoms with Gasteiger partial charge in [0.25, 0.3) is 0 Å². The van der Waals surface area contributed by atoms with Crippen LogP contribution in [0.15, 0.2) is 30.5 Å². The second-order valence-corrected chi connectivity index (χ2v) is 11.5. The Balaban J connectivity index is 1.62. The quantitative estimate of drug-likeness (QED) is 0.348. The second kappa shape index (κ2) is 14.1. The number of benzene rings is 1. The molecule has 0 unspecified atom stereocenters. The molecule has 0 radical (unpaired) electrons. The second-order valence-electron chi connectivity index (χ2n) is 11.5. The SMILES string of the molecule is CCCCN(CCCN(C)C)C(=O)CN1C[C@H](c2cc(OC)c3c(c2)OCO3)[C@@H](C(=O)O)[C@@H]1CCc1cccn1C. The molecule has 10 heteroatoms. The van der Waals surface area contributed by atoms with E-state index >= 15 is 0 Å². The van der Waals surface area contributed by atoms with Gasteiger partial charge >= 0.3 is 5.97 Å². The highest BCUT2D eigenvalue weighted by molar-refractivity contribution is 5.79. The van der Waals surface area contributed by atoms with Crippen LogP contribution < -0.4 is 14.2 Å². The van der Waals surface area contributed by atoms with E-state index in [1.54, 1.807) is 7.11 Å². The van der Waals surface area contributed by atoms with E-state index in [2.05, 4.69) is 27.4 Å². The van der Waals surface area contributed by atoms with Gasteiger partial charge < -0.3 is 33.7 Å². The van der Waals surface area contributed by atoms with Crippen molar-refractivity contribution in [3.63, 3.8) is 0 Å². The largest absolute Gasteiger partial charge is 0.493 e. The number of carboxylic acid groups (broad SMARTS) is 1. The molecule has 0 bridgehead atoms. The van der Waals surface area contributed by atoms with Gasteiger partial charge in [0, 0.05) is 50.5 Å². The van der Waals surface area contributed by atoms with E-state index in [-0.39, 0.29) is 31.2 Å². The zero-order valence-corrected chi connectivity index (χ0v) is 25.2. The summed E-state index contributed by atoms with van der Waals surface area (Å²) in [6.45, 7) is 5.22. The molecule has 41 heavy (non-hydrogen) atoms. The Morgan fingerprint density at radius 2 is 1.93 bits per heavy atom. The number of amides is 1. The van der Waals surface area contributed by atoms with Crippen LogP contribution in [-0.4, -0.2) is 103 Å². The maximum absolute atomic E-state index is 13.7. The minimum absolute atomic E-state index is 0.0640. The number of carbonyl (C=O) groups excluding carboxylic acids is 1. The third-order valence-corrected chi connectivity index (χ3v) is 8.40. The summed E-state index contributed by atoms with van der Waals surface area (Å²) in [7, 11) is 7.65. The number of nitrogens with zero attached hydrogens (tertiary/aromatic N) is 4. The van der Waals surface area contributed by atoms with Crippen molar-refractivity contribution in [2.75, 3.05) is 60.7 Å². The van der Waals surface area contributed by atoms with Gasteiger partial charge in [0.15, 0.2) is 11.5 Å². The molecule has 3 atom stereocenters. The van der Waals surface area contributed by atoms with Crippen LogP contribution in [0, 0.1) is 5.92 Å². The Morgan fingerprint density at radius 3 is 2.59 bits per heavy atom. The molecule has 3 heterocycles.